The molecule has 0 saturated carbocycles. The summed E-state index contributed by atoms with van der Waals surface area (Å²) in [7, 11) is 0. The monoisotopic (exact) mass is 580 g/mol. The summed E-state index contributed by atoms with van der Waals surface area (Å²) in [5, 5.41) is 7.96. The van der Waals surface area contributed by atoms with Gasteiger partial charge in [0.25, 0.3) is 0 Å². The molecular weight excluding hydrogens is 553 g/mol. The van der Waals surface area contributed by atoms with E-state index in [0.717, 1.165) is 40.2 Å². The van der Waals surface area contributed by atoms with Gasteiger partial charge >= 0.3 is 12.4 Å². The lowest BCUT2D eigenvalue weighted by molar-refractivity contribution is -0.274. The zero-order valence-electron chi connectivity index (χ0n) is 22.6. The molecule has 1 saturated heterocycles. The molecule has 1 aliphatic heterocycles. The van der Waals surface area contributed by atoms with Gasteiger partial charge in [-0.3, -0.25) is 0 Å². The van der Waals surface area contributed by atoms with Crippen molar-refractivity contribution in [1.29, 1.82) is 0 Å². The number of amides is 2. The van der Waals surface area contributed by atoms with Crippen molar-refractivity contribution in [3.05, 3.63) is 89.2 Å². The van der Waals surface area contributed by atoms with E-state index in [1.165, 1.54) is 40.8 Å². The number of aryl methyl sites for hydroxylation is 3. The number of aliphatic imine (C=N–C) groups is 1. The van der Waals surface area contributed by atoms with Crippen LogP contribution in [0.1, 0.15) is 22.3 Å². The molecular formula is C29H27F3N6O2S. The average molecular weight is 581 g/mol. The molecule has 12 heteroatoms. The van der Waals surface area contributed by atoms with E-state index in [1.54, 1.807) is 11.8 Å². The maximum atomic E-state index is 12.7. The number of hydrogen-bond acceptors (Lipinski definition) is 5. The third kappa shape index (κ3) is 6.88. The highest BCUT2D eigenvalue weighted by molar-refractivity contribution is 8.14. The summed E-state index contributed by atoms with van der Waals surface area (Å²) in [4.78, 5) is 23.4. The number of nitrogens with one attached hydrogen (secondary N) is 1. The van der Waals surface area contributed by atoms with Crippen LogP contribution in [0.5, 0.6) is 5.75 Å². The number of amidine groups is 1. The molecule has 3 aromatic carbocycles. The minimum Gasteiger partial charge on any atom is -0.406 e. The van der Waals surface area contributed by atoms with Crippen molar-refractivity contribution >= 4 is 28.6 Å². The van der Waals surface area contributed by atoms with E-state index in [-0.39, 0.29) is 5.75 Å². The first kappa shape index (κ1) is 28.2. The Hall–Kier alpha value is -4.32. The molecule has 0 radical (unpaired) electrons. The third-order valence-electron chi connectivity index (χ3n) is 6.36. The minimum absolute atomic E-state index is 0.303. The van der Waals surface area contributed by atoms with Gasteiger partial charge in [-0.05, 0) is 61.7 Å². The van der Waals surface area contributed by atoms with Gasteiger partial charge in [-0.15, -0.1) is 18.3 Å². The van der Waals surface area contributed by atoms with Gasteiger partial charge in [0.2, 0.25) is 0 Å². The molecule has 0 aliphatic carbocycles. The molecule has 0 atom stereocenters. The van der Waals surface area contributed by atoms with E-state index in [2.05, 4.69) is 62.9 Å². The number of anilines is 1. The summed E-state index contributed by atoms with van der Waals surface area (Å²) in [6, 6.07) is 16.6. The molecule has 8 nitrogen and oxygen atoms in total. The Kier molecular flexibility index (Phi) is 8.02. The number of carbonyl (C=O) groups is 1. The zero-order chi connectivity index (χ0) is 29.1. The highest BCUT2D eigenvalue weighted by Crippen LogP contribution is 2.32. The standard InChI is InChI=1S/C29H27F3N6O2S/c1-18-14-19(2)25(20(3)15-18)37-12-13-41-28(37)35-27(39)33-16-21-4-6-22(7-5-21)26-34-17-38(36-26)23-8-10-24(11-9-23)40-29(30,31)32/h4-11,14-15,17H,12-13,16H2,1-3H3,(H,33,39)/b35-28-. The van der Waals surface area contributed by atoms with Crippen LogP contribution in [-0.4, -0.2) is 44.6 Å². The number of rotatable bonds is 6. The number of carbonyl (C=O) groups excluding carboxylic acids is 1. The Labute approximate surface area is 239 Å². The predicted octanol–water partition coefficient (Wildman–Crippen LogP) is 6.58. The molecule has 4 aromatic rings. The predicted molar refractivity (Wildman–Crippen MR) is 154 cm³/mol. The van der Waals surface area contributed by atoms with Gasteiger partial charge in [0.1, 0.15) is 12.1 Å². The van der Waals surface area contributed by atoms with Gasteiger partial charge in [-0.1, -0.05) is 53.7 Å². The first-order valence-electron chi connectivity index (χ1n) is 12.8. The number of urea groups is 1. The fraction of sp³-hybridized carbons (Fsp3) is 0.241. The molecule has 1 N–H and O–H groups in total. The fourth-order valence-electron chi connectivity index (χ4n) is 4.70. The Morgan fingerprint density at radius 1 is 1.05 bits per heavy atom. The van der Waals surface area contributed by atoms with E-state index in [1.807, 2.05) is 24.3 Å². The van der Waals surface area contributed by atoms with Gasteiger partial charge in [-0.25, -0.2) is 14.5 Å². The maximum absolute atomic E-state index is 12.7. The van der Waals surface area contributed by atoms with Crippen molar-refractivity contribution in [3.63, 3.8) is 0 Å². The van der Waals surface area contributed by atoms with Crippen molar-refractivity contribution < 1.29 is 22.7 Å². The summed E-state index contributed by atoms with van der Waals surface area (Å²) in [6.07, 6.45) is -3.27. The molecule has 0 unspecified atom stereocenters. The molecule has 0 bridgehead atoms. The number of thioether (sulfide) groups is 1. The van der Waals surface area contributed by atoms with Crippen molar-refractivity contribution in [2.75, 3.05) is 17.2 Å². The lowest BCUT2D eigenvalue weighted by atomic mass is 10.0. The number of ether oxygens (including phenoxy) is 1. The lowest BCUT2D eigenvalue weighted by Gasteiger charge is -2.23. The number of halogens is 3. The Balaban J connectivity index is 1.20. The fourth-order valence-corrected chi connectivity index (χ4v) is 5.64. The molecule has 2 amide bonds. The Morgan fingerprint density at radius 3 is 2.39 bits per heavy atom. The van der Waals surface area contributed by atoms with Gasteiger partial charge in [0.15, 0.2) is 11.0 Å². The van der Waals surface area contributed by atoms with Crippen LogP contribution in [0.4, 0.5) is 23.7 Å². The van der Waals surface area contributed by atoms with Crippen LogP contribution in [-0.2, 0) is 6.54 Å². The molecule has 5 rings (SSSR count). The van der Waals surface area contributed by atoms with Crippen molar-refractivity contribution in [2.45, 2.75) is 33.7 Å². The second-order valence-electron chi connectivity index (χ2n) is 9.55. The van der Waals surface area contributed by atoms with Gasteiger partial charge in [0, 0.05) is 30.1 Å². The molecule has 212 valence electrons. The van der Waals surface area contributed by atoms with Crippen molar-refractivity contribution in [2.24, 2.45) is 4.99 Å². The molecule has 41 heavy (non-hydrogen) atoms. The van der Waals surface area contributed by atoms with E-state index in [0.29, 0.717) is 23.2 Å². The average Bonchev–Trinajstić information content (AvgIpc) is 3.57. The van der Waals surface area contributed by atoms with Crippen LogP contribution in [0, 0.1) is 20.8 Å². The highest BCUT2D eigenvalue weighted by Gasteiger charge is 2.31. The Bertz CT molecular complexity index is 1560. The van der Waals surface area contributed by atoms with Crippen LogP contribution in [0.15, 0.2) is 72.0 Å². The summed E-state index contributed by atoms with van der Waals surface area (Å²) in [6.45, 7) is 7.33. The SMILES string of the molecule is Cc1cc(C)c(N2CCS/C2=N\C(=O)NCc2ccc(-c3ncn(-c4ccc(OC(F)(F)F)cc4)n3)cc2)c(C)c1. The first-order valence-corrected chi connectivity index (χ1v) is 13.8. The number of nitrogens with zero attached hydrogens (tertiary/aromatic N) is 5. The van der Waals surface area contributed by atoms with Crippen LogP contribution in [0.3, 0.4) is 0 Å². The van der Waals surface area contributed by atoms with E-state index in [4.69, 9.17) is 0 Å². The smallest absolute Gasteiger partial charge is 0.406 e. The Morgan fingerprint density at radius 2 is 1.73 bits per heavy atom. The van der Waals surface area contributed by atoms with Gasteiger partial charge in [-0.2, -0.15) is 4.99 Å². The van der Waals surface area contributed by atoms with Crippen molar-refractivity contribution in [1.82, 2.24) is 20.1 Å². The number of benzene rings is 3. The maximum Gasteiger partial charge on any atom is 0.573 e. The van der Waals surface area contributed by atoms with Crippen LogP contribution >= 0.6 is 11.8 Å². The van der Waals surface area contributed by atoms with Crippen LogP contribution in [0.25, 0.3) is 17.1 Å². The van der Waals surface area contributed by atoms with E-state index >= 15 is 0 Å². The molecule has 2 heterocycles. The number of hydrogen-bond donors (Lipinski definition) is 1. The summed E-state index contributed by atoms with van der Waals surface area (Å²) in [5.41, 5.74) is 6.78. The normalized spacial score (nSPS) is 14.5. The van der Waals surface area contributed by atoms with Gasteiger partial charge in [0.05, 0.1) is 5.69 Å². The van der Waals surface area contributed by atoms with E-state index in [9.17, 15) is 18.0 Å². The number of aromatic nitrogens is 3. The molecule has 1 aromatic heterocycles. The lowest BCUT2D eigenvalue weighted by Crippen LogP contribution is -2.28. The van der Waals surface area contributed by atoms with Crippen molar-refractivity contribution in [3.8, 4) is 22.8 Å². The zero-order valence-corrected chi connectivity index (χ0v) is 23.4. The molecule has 1 fully saturated rings. The molecule has 1 aliphatic rings. The molecule has 0 spiro atoms. The van der Waals surface area contributed by atoms with Crippen LogP contribution in [0.2, 0.25) is 0 Å². The highest BCUT2D eigenvalue weighted by atomic mass is 32.2. The third-order valence-corrected chi connectivity index (χ3v) is 7.32. The summed E-state index contributed by atoms with van der Waals surface area (Å²) < 4.78 is 42.5. The first-order chi connectivity index (χ1) is 19.6. The minimum atomic E-state index is -4.75. The second-order valence-corrected chi connectivity index (χ2v) is 10.6. The summed E-state index contributed by atoms with van der Waals surface area (Å²) in [5.74, 6) is 0.996. The van der Waals surface area contributed by atoms with Gasteiger partial charge < -0.3 is 15.0 Å². The largest absolute Gasteiger partial charge is 0.573 e. The van der Waals surface area contributed by atoms with E-state index < -0.39 is 12.4 Å². The number of alkyl halides is 3. The summed E-state index contributed by atoms with van der Waals surface area (Å²) >= 11 is 1.57. The second kappa shape index (κ2) is 11.7. The van der Waals surface area contributed by atoms with Crippen LogP contribution < -0.4 is 15.0 Å². The topological polar surface area (TPSA) is 84.6 Å². The quantitative estimate of drug-likeness (QED) is 0.278.